The number of hydrogen-bond acceptors (Lipinski definition) is 5. The van der Waals surface area contributed by atoms with Crippen molar-refractivity contribution in [2.45, 2.75) is 25.9 Å². The zero-order valence-corrected chi connectivity index (χ0v) is 15.0. The lowest BCUT2D eigenvalue weighted by Gasteiger charge is -2.31. The van der Waals surface area contributed by atoms with E-state index in [4.69, 9.17) is 4.42 Å². The summed E-state index contributed by atoms with van der Waals surface area (Å²) in [5.74, 6) is 1.31. The van der Waals surface area contributed by atoms with Crippen LogP contribution in [-0.4, -0.2) is 33.9 Å². The highest BCUT2D eigenvalue weighted by Crippen LogP contribution is 2.19. The maximum Gasteiger partial charge on any atom is 0.258 e. The molecule has 1 atom stereocenters. The zero-order valence-electron chi connectivity index (χ0n) is 15.0. The van der Waals surface area contributed by atoms with Crippen LogP contribution >= 0.6 is 0 Å². The van der Waals surface area contributed by atoms with E-state index in [1.54, 1.807) is 24.5 Å². The molecule has 1 fully saturated rings. The highest BCUT2D eigenvalue weighted by atomic mass is 16.3. The fraction of sp³-hybridized carbons (Fsp3) is 0.350. The first kappa shape index (κ1) is 17.5. The normalized spacial score (nSPS) is 17.9. The number of amides is 1. The van der Waals surface area contributed by atoms with Crippen molar-refractivity contribution in [1.29, 1.82) is 0 Å². The molecule has 1 aliphatic rings. The Morgan fingerprint density at radius 1 is 1.30 bits per heavy atom. The highest BCUT2D eigenvalue weighted by molar-refractivity contribution is 5.79. The molecular weight excluding hydrogens is 344 g/mol. The summed E-state index contributed by atoms with van der Waals surface area (Å²) in [6, 6.07) is 11.0. The third kappa shape index (κ3) is 4.09. The van der Waals surface area contributed by atoms with Crippen LogP contribution in [0.1, 0.15) is 24.4 Å². The number of carbonyl (C=O) groups excluding carboxylic acids is 1. The van der Waals surface area contributed by atoms with Gasteiger partial charge in [-0.3, -0.25) is 14.5 Å². The van der Waals surface area contributed by atoms with Crippen LogP contribution in [0.2, 0.25) is 0 Å². The van der Waals surface area contributed by atoms with Crippen LogP contribution in [0.25, 0.3) is 10.9 Å². The summed E-state index contributed by atoms with van der Waals surface area (Å²) in [4.78, 5) is 34.1. The fourth-order valence-electron chi connectivity index (χ4n) is 3.57. The van der Waals surface area contributed by atoms with Gasteiger partial charge in [-0.05, 0) is 43.7 Å². The first-order chi connectivity index (χ1) is 13.2. The summed E-state index contributed by atoms with van der Waals surface area (Å²) >= 11 is 0. The second-order valence-corrected chi connectivity index (χ2v) is 6.90. The molecule has 1 saturated heterocycles. The lowest BCUT2D eigenvalue weighted by molar-refractivity contribution is -0.127. The number of aromatic nitrogens is 2. The lowest BCUT2D eigenvalue weighted by Crippen LogP contribution is -2.42. The van der Waals surface area contributed by atoms with Gasteiger partial charge in [0.25, 0.3) is 5.56 Å². The van der Waals surface area contributed by atoms with Crippen LogP contribution in [0.15, 0.2) is 51.9 Å². The number of nitrogens with zero attached hydrogens (tertiary/aromatic N) is 2. The second kappa shape index (κ2) is 7.75. The Morgan fingerprint density at radius 2 is 2.19 bits per heavy atom. The molecule has 27 heavy (non-hydrogen) atoms. The van der Waals surface area contributed by atoms with Gasteiger partial charge in [-0.1, -0.05) is 12.1 Å². The number of rotatable bonds is 5. The van der Waals surface area contributed by atoms with E-state index in [1.165, 1.54) is 0 Å². The number of benzene rings is 1. The Morgan fingerprint density at radius 3 is 3.04 bits per heavy atom. The van der Waals surface area contributed by atoms with Gasteiger partial charge >= 0.3 is 0 Å². The van der Waals surface area contributed by atoms with Crippen LogP contribution in [0.4, 0.5) is 0 Å². The lowest BCUT2D eigenvalue weighted by atomic mass is 9.97. The van der Waals surface area contributed by atoms with Crippen molar-refractivity contribution in [3.63, 3.8) is 0 Å². The number of likely N-dealkylation sites (tertiary alicyclic amines) is 1. The molecule has 4 rings (SSSR count). The van der Waals surface area contributed by atoms with E-state index in [2.05, 4.69) is 20.2 Å². The minimum atomic E-state index is -0.188. The van der Waals surface area contributed by atoms with Crippen molar-refractivity contribution < 1.29 is 9.21 Å². The minimum Gasteiger partial charge on any atom is -0.468 e. The Kier molecular flexibility index (Phi) is 5.02. The number of fused-ring (bicyclic) bond motifs is 1. The van der Waals surface area contributed by atoms with Gasteiger partial charge in [-0.15, -0.1) is 0 Å². The fourth-order valence-corrected chi connectivity index (χ4v) is 3.57. The number of furan rings is 1. The average Bonchev–Trinajstić information content (AvgIpc) is 3.19. The van der Waals surface area contributed by atoms with E-state index in [9.17, 15) is 9.59 Å². The standard InChI is InChI=1S/C20H22N4O3/c25-19(14-5-3-9-24(12-14)13-15-6-4-10-27-15)21-11-18-22-17-8-2-1-7-16(17)20(26)23-18/h1-2,4,6-8,10,14H,3,5,9,11-13H2,(H,21,25)(H,22,23,26)/t14-/m0/s1. The Hall–Kier alpha value is -2.93. The van der Waals surface area contributed by atoms with Crippen LogP contribution in [-0.2, 0) is 17.9 Å². The van der Waals surface area contributed by atoms with E-state index in [0.29, 0.717) is 23.3 Å². The molecule has 3 aromatic rings. The third-order valence-electron chi connectivity index (χ3n) is 4.93. The van der Waals surface area contributed by atoms with E-state index in [-0.39, 0.29) is 23.9 Å². The summed E-state index contributed by atoms with van der Waals surface area (Å²) < 4.78 is 5.40. The van der Waals surface area contributed by atoms with Crippen molar-refractivity contribution in [3.05, 3.63) is 64.6 Å². The quantitative estimate of drug-likeness (QED) is 0.721. The monoisotopic (exact) mass is 366 g/mol. The van der Waals surface area contributed by atoms with Crippen molar-refractivity contribution in [2.75, 3.05) is 13.1 Å². The molecule has 140 valence electrons. The number of carbonyl (C=O) groups is 1. The molecule has 1 aromatic carbocycles. The number of para-hydroxylation sites is 1. The first-order valence-corrected chi connectivity index (χ1v) is 9.19. The third-order valence-corrected chi connectivity index (χ3v) is 4.93. The molecule has 7 nitrogen and oxygen atoms in total. The van der Waals surface area contributed by atoms with E-state index < -0.39 is 0 Å². The van der Waals surface area contributed by atoms with Crippen LogP contribution < -0.4 is 10.9 Å². The van der Waals surface area contributed by atoms with Crippen molar-refractivity contribution in [2.24, 2.45) is 5.92 Å². The van der Waals surface area contributed by atoms with Crippen molar-refractivity contribution in [1.82, 2.24) is 20.2 Å². The largest absolute Gasteiger partial charge is 0.468 e. The van der Waals surface area contributed by atoms with Gasteiger partial charge in [0.05, 0.1) is 36.2 Å². The molecule has 2 aromatic heterocycles. The molecule has 0 saturated carbocycles. The summed E-state index contributed by atoms with van der Waals surface area (Å²) in [5, 5.41) is 3.47. The minimum absolute atomic E-state index is 0.00467. The van der Waals surface area contributed by atoms with Crippen molar-refractivity contribution in [3.8, 4) is 0 Å². The van der Waals surface area contributed by atoms with E-state index in [0.717, 1.165) is 31.7 Å². The van der Waals surface area contributed by atoms with E-state index >= 15 is 0 Å². The van der Waals surface area contributed by atoms with E-state index in [1.807, 2.05) is 18.2 Å². The summed E-state index contributed by atoms with van der Waals surface area (Å²) in [6.07, 6.45) is 3.51. The summed E-state index contributed by atoms with van der Waals surface area (Å²) in [6.45, 7) is 2.60. The maximum absolute atomic E-state index is 12.6. The van der Waals surface area contributed by atoms with Crippen LogP contribution in [0.3, 0.4) is 0 Å². The number of hydrogen-bond donors (Lipinski definition) is 2. The first-order valence-electron chi connectivity index (χ1n) is 9.19. The highest BCUT2D eigenvalue weighted by Gasteiger charge is 2.26. The number of H-pyrrole nitrogens is 1. The molecule has 0 unspecified atom stereocenters. The van der Waals surface area contributed by atoms with Crippen LogP contribution in [0, 0.1) is 5.92 Å². The SMILES string of the molecule is O=C(NCc1nc2ccccc2c(=O)[nH]1)[C@H]1CCCN(Cc2ccco2)C1. The molecule has 0 radical (unpaired) electrons. The topological polar surface area (TPSA) is 91.2 Å². The molecule has 0 spiro atoms. The number of nitrogens with one attached hydrogen (secondary N) is 2. The van der Waals surface area contributed by atoms with Crippen molar-refractivity contribution >= 4 is 16.8 Å². The molecule has 2 N–H and O–H groups in total. The second-order valence-electron chi connectivity index (χ2n) is 6.90. The summed E-state index contributed by atoms with van der Waals surface area (Å²) in [7, 11) is 0. The maximum atomic E-state index is 12.6. The smallest absolute Gasteiger partial charge is 0.258 e. The van der Waals surface area contributed by atoms with Gasteiger partial charge in [-0.2, -0.15) is 0 Å². The van der Waals surface area contributed by atoms with Gasteiger partial charge in [0, 0.05) is 6.54 Å². The average molecular weight is 366 g/mol. The Labute approximate surface area is 156 Å². The van der Waals surface area contributed by atoms with Gasteiger partial charge in [0.2, 0.25) is 5.91 Å². The molecule has 1 amide bonds. The zero-order chi connectivity index (χ0) is 18.6. The molecule has 0 aliphatic carbocycles. The van der Waals surface area contributed by atoms with Gasteiger partial charge < -0.3 is 14.7 Å². The molecule has 3 heterocycles. The molecule has 1 aliphatic heterocycles. The van der Waals surface area contributed by atoms with Crippen LogP contribution in [0.5, 0.6) is 0 Å². The van der Waals surface area contributed by atoms with Gasteiger partial charge in [0.1, 0.15) is 11.6 Å². The molecular formula is C20H22N4O3. The number of aromatic amines is 1. The molecule has 0 bridgehead atoms. The Balaban J connectivity index is 1.37. The predicted octanol–water partition coefficient (Wildman–Crippen LogP) is 2.04. The van der Waals surface area contributed by atoms with Gasteiger partial charge in [0.15, 0.2) is 0 Å². The molecule has 7 heteroatoms. The predicted molar refractivity (Wildman–Crippen MR) is 101 cm³/mol. The summed E-state index contributed by atoms with van der Waals surface area (Å²) in [5.41, 5.74) is 0.444. The Bertz CT molecular complexity index is 980. The van der Waals surface area contributed by atoms with Gasteiger partial charge in [-0.25, -0.2) is 4.98 Å². The number of piperidine rings is 1.